The molecule has 0 bridgehead atoms. The Labute approximate surface area is 146 Å². The highest BCUT2D eigenvalue weighted by Gasteiger charge is 2.18. The second-order valence-corrected chi connectivity index (χ2v) is 5.74. The van der Waals surface area contributed by atoms with Gasteiger partial charge in [-0.15, -0.1) is 0 Å². The summed E-state index contributed by atoms with van der Waals surface area (Å²) in [5.41, 5.74) is 0.787. The molecule has 0 amide bonds. The number of benzene rings is 1. The molecule has 1 heterocycles. The second-order valence-electron chi connectivity index (χ2n) is 5.36. The molecule has 0 unspecified atom stereocenters. The number of aromatic nitrogens is 2. The van der Waals surface area contributed by atoms with Crippen LogP contribution >= 0.6 is 12.2 Å². The van der Waals surface area contributed by atoms with Gasteiger partial charge in [-0.3, -0.25) is 0 Å². The molecule has 0 atom stereocenters. The minimum atomic E-state index is 0.210. The van der Waals surface area contributed by atoms with Crippen molar-refractivity contribution in [1.29, 1.82) is 0 Å². The zero-order valence-corrected chi connectivity index (χ0v) is 15.3. The first kappa shape index (κ1) is 18.0. The molecule has 7 nitrogen and oxygen atoms in total. The van der Waals surface area contributed by atoms with Crippen LogP contribution in [-0.2, 0) is 6.54 Å². The van der Waals surface area contributed by atoms with Gasteiger partial charge in [-0.2, -0.15) is 4.98 Å². The lowest BCUT2D eigenvalue weighted by Crippen LogP contribution is -2.41. The molecule has 2 aromatic rings. The third kappa shape index (κ3) is 3.94. The van der Waals surface area contributed by atoms with E-state index >= 15 is 0 Å². The Balaban J connectivity index is 2.22. The normalized spacial score (nSPS) is 10.6. The first-order chi connectivity index (χ1) is 11.5. The fraction of sp³-hybridized carbons (Fsp3) is 0.438. The molecule has 1 aromatic heterocycles. The zero-order valence-electron chi connectivity index (χ0n) is 14.5. The van der Waals surface area contributed by atoms with Crippen LogP contribution in [0.25, 0.3) is 11.4 Å². The van der Waals surface area contributed by atoms with E-state index < -0.39 is 0 Å². The van der Waals surface area contributed by atoms with Crippen LogP contribution < -0.4 is 14.8 Å². The smallest absolute Gasteiger partial charge is 0.246 e. The predicted octanol–water partition coefficient (Wildman–Crippen LogP) is 2.47. The summed E-state index contributed by atoms with van der Waals surface area (Å²) in [5, 5.41) is 7.65. The average Bonchev–Trinajstić information content (AvgIpc) is 3.06. The van der Waals surface area contributed by atoms with E-state index in [4.69, 9.17) is 26.2 Å². The number of ether oxygens (including phenoxy) is 2. The van der Waals surface area contributed by atoms with E-state index in [1.165, 1.54) is 0 Å². The number of thiocarbonyl (C=S) groups is 1. The van der Waals surface area contributed by atoms with Crippen molar-refractivity contribution in [2.45, 2.75) is 26.4 Å². The molecule has 1 N–H and O–H groups in total. The molecular weight excluding hydrogens is 328 g/mol. The molecule has 0 fully saturated rings. The van der Waals surface area contributed by atoms with Gasteiger partial charge in [0.25, 0.3) is 0 Å². The van der Waals surface area contributed by atoms with Gasteiger partial charge in [-0.25, -0.2) is 0 Å². The van der Waals surface area contributed by atoms with Crippen LogP contribution in [-0.4, -0.2) is 47.5 Å². The van der Waals surface area contributed by atoms with E-state index in [0.717, 1.165) is 5.56 Å². The Hall–Kier alpha value is -2.35. The predicted molar refractivity (Wildman–Crippen MR) is 95.2 cm³/mol. The summed E-state index contributed by atoms with van der Waals surface area (Å²) in [7, 11) is 4.97. The third-order valence-corrected chi connectivity index (χ3v) is 3.95. The van der Waals surface area contributed by atoms with Crippen LogP contribution in [0.3, 0.4) is 0 Å². The standard InChI is InChI=1S/C16H22N4O3S/c1-10(2)20(16(24)17-3)9-14-18-15(19-23-14)11-6-7-12(21-4)13(8-11)22-5/h6-8,10H,9H2,1-5H3,(H,17,24). The van der Waals surface area contributed by atoms with Crippen LogP contribution in [0.4, 0.5) is 0 Å². The van der Waals surface area contributed by atoms with Crippen molar-refractivity contribution in [3.05, 3.63) is 24.1 Å². The van der Waals surface area contributed by atoms with E-state index in [1.807, 2.05) is 17.0 Å². The molecule has 0 spiro atoms. The van der Waals surface area contributed by atoms with Crippen molar-refractivity contribution in [2.24, 2.45) is 0 Å². The van der Waals surface area contributed by atoms with Gasteiger partial charge in [-0.1, -0.05) is 5.16 Å². The van der Waals surface area contributed by atoms with Gasteiger partial charge in [0.1, 0.15) is 0 Å². The molecule has 0 aliphatic carbocycles. The van der Waals surface area contributed by atoms with Crippen molar-refractivity contribution in [3.8, 4) is 22.9 Å². The second kappa shape index (κ2) is 7.96. The minimum Gasteiger partial charge on any atom is -0.493 e. The van der Waals surface area contributed by atoms with E-state index in [9.17, 15) is 0 Å². The summed E-state index contributed by atoms with van der Waals surface area (Å²) in [5.74, 6) is 2.24. The van der Waals surface area contributed by atoms with Gasteiger partial charge in [-0.05, 0) is 44.3 Å². The maximum atomic E-state index is 5.36. The topological polar surface area (TPSA) is 72.7 Å². The highest BCUT2D eigenvalue weighted by Crippen LogP contribution is 2.31. The molecule has 130 valence electrons. The number of rotatable bonds is 6. The molecule has 0 saturated carbocycles. The summed E-state index contributed by atoms with van der Waals surface area (Å²) < 4.78 is 15.9. The van der Waals surface area contributed by atoms with Crippen LogP contribution in [0.2, 0.25) is 0 Å². The van der Waals surface area contributed by atoms with E-state index in [-0.39, 0.29) is 6.04 Å². The highest BCUT2D eigenvalue weighted by atomic mass is 32.1. The fourth-order valence-corrected chi connectivity index (χ4v) is 2.47. The van der Waals surface area contributed by atoms with Crippen molar-refractivity contribution in [2.75, 3.05) is 21.3 Å². The zero-order chi connectivity index (χ0) is 17.7. The van der Waals surface area contributed by atoms with Crippen molar-refractivity contribution >= 4 is 17.3 Å². The Kier molecular flexibility index (Phi) is 5.97. The van der Waals surface area contributed by atoms with Crippen molar-refractivity contribution in [1.82, 2.24) is 20.4 Å². The first-order valence-corrected chi connectivity index (χ1v) is 7.94. The van der Waals surface area contributed by atoms with Crippen LogP contribution in [0.15, 0.2) is 22.7 Å². The Bertz CT molecular complexity index is 702. The molecule has 8 heteroatoms. The van der Waals surface area contributed by atoms with Gasteiger partial charge in [0.05, 0.1) is 20.8 Å². The minimum absolute atomic E-state index is 0.210. The summed E-state index contributed by atoms with van der Waals surface area (Å²) in [4.78, 5) is 6.42. The molecule has 1 aromatic carbocycles. The third-order valence-electron chi connectivity index (χ3n) is 3.51. The molecule has 24 heavy (non-hydrogen) atoms. The van der Waals surface area contributed by atoms with E-state index in [0.29, 0.717) is 34.9 Å². The molecule has 0 saturated heterocycles. The SMILES string of the molecule is CNC(=S)N(Cc1nc(-c2ccc(OC)c(OC)c2)no1)C(C)C. The molecule has 0 aliphatic heterocycles. The molecule has 2 rings (SSSR count). The number of methoxy groups -OCH3 is 2. The van der Waals surface area contributed by atoms with E-state index in [1.54, 1.807) is 27.3 Å². The summed E-state index contributed by atoms with van der Waals surface area (Å²) in [6, 6.07) is 5.68. The number of nitrogens with zero attached hydrogens (tertiary/aromatic N) is 3. The maximum Gasteiger partial charge on any atom is 0.246 e. The van der Waals surface area contributed by atoms with Crippen molar-refractivity contribution in [3.63, 3.8) is 0 Å². The highest BCUT2D eigenvalue weighted by molar-refractivity contribution is 7.80. The van der Waals surface area contributed by atoms with Gasteiger partial charge in [0.15, 0.2) is 16.6 Å². The van der Waals surface area contributed by atoms with Gasteiger partial charge >= 0.3 is 0 Å². The monoisotopic (exact) mass is 350 g/mol. The lowest BCUT2D eigenvalue weighted by molar-refractivity contribution is 0.278. The lowest BCUT2D eigenvalue weighted by Gasteiger charge is -2.27. The summed E-state index contributed by atoms with van der Waals surface area (Å²) in [6.45, 7) is 4.54. The summed E-state index contributed by atoms with van der Waals surface area (Å²) in [6.07, 6.45) is 0. The quantitative estimate of drug-likeness (QED) is 0.797. The first-order valence-electron chi connectivity index (χ1n) is 7.53. The van der Waals surface area contributed by atoms with Gasteiger partial charge < -0.3 is 24.2 Å². The van der Waals surface area contributed by atoms with Crippen LogP contribution in [0.1, 0.15) is 19.7 Å². The van der Waals surface area contributed by atoms with Crippen molar-refractivity contribution < 1.29 is 14.0 Å². The molecular formula is C16H22N4O3S. The molecule has 0 radical (unpaired) electrons. The number of nitrogens with one attached hydrogen (secondary N) is 1. The maximum absolute atomic E-state index is 5.36. The van der Waals surface area contributed by atoms with Crippen LogP contribution in [0.5, 0.6) is 11.5 Å². The van der Waals surface area contributed by atoms with Gasteiger partial charge in [0.2, 0.25) is 11.7 Å². The fourth-order valence-electron chi connectivity index (χ4n) is 2.19. The number of hydrogen-bond acceptors (Lipinski definition) is 6. The van der Waals surface area contributed by atoms with E-state index in [2.05, 4.69) is 29.3 Å². The Morgan fingerprint density at radius 2 is 2.00 bits per heavy atom. The molecule has 0 aliphatic rings. The summed E-state index contributed by atoms with van der Waals surface area (Å²) >= 11 is 5.31. The Morgan fingerprint density at radius 1 is 1.29 bits per heavy atom. The van der Waals surface area contributed by atoms with Gasteiger partial charge in [0, 0.05) is 18.7 Å². The average molecular weight is 350 g/mol. The lowest BCUT2D eigenvalue weighted by atomic mass is 10.2. The largest absolute Gasteiger partial charge is 0.493 e. The Morgan fingerprint density at radius 3 is 2.58 bits per heavy atom. The van der Waals surface area contributed by atoms with Crippen LogP contribution in [0, 0.1) is 0 Å². The number of hydrogen-bond donors (Lipinski definition) is 1.